The number of rotatable bonds is 6. The number of aliphatic hydroxyl groups is 3. The SMILES string of the molecule is CCC1(O)CC2CN(CCc3c([nH]c4ccccc34)[C@@](C(=O)OC)(c3cc4c(cc3OC)N(C)C3C45CCN4CC=C[C@](CC)(C45)C(O)[C@]3(O)C=O)C2)C1. The Balaban J connectivity index is 1.36. The van der Waals surface area contributed by atoms with Crippen LogP contribution in [0.15, 0.2) is 48.6 Å². The van der Waals surface area contributed by atoms with Crippen LogP contribution in [0.2, 0.25) is 0 Å². The minimum atomic E-state index is -2.08. The number of carbonyl (C=O) groups is 2. The molecule has 0 radical (unpaired) electrons. The molecule has 54 heavy (non-hydrogen) atoms. The van der Waals surface area contributed by atoms with Crippen LogP contribution in [0.1, 0.15) is 68.3 Å². The minimum absolute atomic E-state index is 0.0603. The second kappa shape index (κ2) is 12.1. The van der Waals surface area contributed by atoms with E-state index in [1.807, 2.05) is 56.1 Å². The van der Waals surface area contributed by atoms with Gasteiger partial charge in [-0.25, -0.2) is 0 Å². The van der Waals surface area contributed by atoms with Crippen molar-refractivity contribution in [2.75, 3.05) is 58.9 Å². The molecule has 9 rings (SSSR count). The van der Waals surface area contributed by atoms with Crippen LogP contribution in [0.4, 0.5) is 5.69 Å². The van der Waals surface area contributed by atoms with Crippen LogP contribution < -0.4 is 9.64 Å². The number of methoxy groups -OCH3 is 2. The zero-order chi connectivity index (χ0) is 38.0. The molecule has 5 aliphatic heterocycles. The van der Waals surface area contributed by atoms with Crippen LogP contribution in [0, 0.1) is 11.3 Å². The molecule has 2 bridgehead atoms. The Morgan fingerprint density at radius 1 is 1.06 bits per heavy atom. The predicted molar refractivity (Wildman–Crippen MR) is 205 cm³/mol. The lowest BCUT2D eigenvalue weighted by atomic mass is 9.48. The topological polar surface area (TPSA) is 139 Å². The molecule has 3 fully saturated rings. The highest BCUT2D eigenvalue weighted by molar-refractivity contribution is 5.94. The van der Waals surface area contributed by atoms with Gasteiger partial charge in [-0.05, 0) is 74.2 Å². The van der Waals surface area contributed by atoms with Crippen molar-refractivity contribution in [2.45, 2.75) is 92.6 Å². The number of hydrogen-bond acceptors (Lipinski definition) is 10. The van der Waals surface area contributed by atoms with Crippen molar-refractivity contribution in [3.63, 3.8) is 0 Å². The van der Waals surface area contributed by atoms with Gasteiger partial charge >= 0.3 is 5.97 Å². The van der Waals surface area contributed by atoms with Crippen molar-refractivity contribution in [2.24, 2.45) is 11.3 Å². The van der Waals surface area contributed by atoms with Crippen molar-refractivity contribution in [1.82, 2.24) is 14.8 Å². The summed E-state index contributed by atoms with van der Waals surface area (Å²) in [7, 11) is 4.96. The van der Waals surface area contributed by atoms with E-state index in [1.54, 1.807) is 7.11 Å². The normalized spacial score (nSPS) is 39.5. The van der Waals surface area contributed by atoms with E-state index in [-0.39, 0.29) is 12.0 Å². The third kappa shape index (κ3) is 4.36. The van der Waals surface area contributed by atoms with E-state index in [0.717, 1.165) is 53.0 Å². The molecule has 4 N–H and O–H groups in total. The van der Waals surface area contributed by atoms with Crippen LogP contribution in [-0.4, -0.2) is 126 Å². The fourth-order valence-corrected chi connectivity index (χ4v) is 13.0. The monoisotopic (exact) mass is 738 g/mol. The minimum Gasteiger partial charge on any atom is -0.496 e. The molecule has 6 heterocycles. The summed E-state index contributed by atoms with van der Waals surface area (Å²) in [6.07, 6.45) is 6.72. The molecule has 3 aromatic rings. The Morgan fingerprint density at radius 3 is 2.57 bits per heavy atom. The number of esters is 1. The van der Waals surface area contributed by atoms with Crippen molar-refractivity contribution < 1.29 is 34.4 Å². The number of ether oxygens (including phenoxy) is 2. The van der Waals surface area contributed by atoms with Crippen LogP contribution in [0.25, 0.3) is 10.9 Å². The van der Waals surface area contributed by atoms with E-state index in [2.05, 4.69) is 33.0 Å². The largest absolute Gasteiger partial charge is 0.496 e. The molecule has 6 aliphatic rings. The molecule has 7 unspecified atom stereocenters. The molecule has 1 saturated carbocycles. The molecule has 288 valence electrons. The van der Waals surface area contributed by atoms with E-state index in [0.29, 0.717) is 69.2 Å². The molecule has 1 aromatic heterocycles. The molecule has 11 heteroatoms. The number of piperidine rings is 1. The molecule has 10 atom stereocenters. The quantitative estimate of drug-likeness (QED) is 0.169. The van der Waals surface area contributed by atoms with Crippen LogP contribution in [-0.2, 0) is 31.6 Å². The highest BCUT2D eigenvalue weighted by Crippen LogP contribution is 2.67. The average Bonchev–Trinajstić information content (AvgIpc) is 3.85. The summed E-state index contributed by atoms with van der Waals surface area (Å²) in [4.78, 5) is 38.9. The number of nitrogens with one attached hydrogen (secondary N) is 1. The Morgan fingerprint density at radius 2 is 1.85 bits per heavy atom. The highest BCUT2D eigenvalue weighted by atomic mass is 16.5. The number of likely N-dealkylation sites (N-methyl/N-ethyl adjacent to an activating group) is 1. The first-order valence-corrected chi connectivity index (χ1v) is 19.8. The second-order valence-corrected chi connectivity index (χ2v) is 17.3. The third-order valence-electron chi connectivity index (χ3n) is 15.1. The summed E-state index contributed by atoms with van der Waals surface area (Å²) < 4.78 is 12.2. The van der Waals surface area contributed by atoms with Gasteiger partial charge in [0.1, 0.15) is 17.3 Å². The fraction of sp³-hybridized carbons (Fsp3) is 0.581. The Hall–Kier alpha value is -3.74. The maximum absolute atomic E-state index is 15.2. The molecule has 0 amide bonds. The number of carbonyl (C=O) groups excluding carboxylic acids is 2. The van der Waals surface area contributed by atoms with Gasteiger partial charge < -0.3 is 34.7 Å². The van der Waals surface area contributed by atoms with Gasteiger partial charge in [0, 0.05) is 84.0 Å². The lowest BCUT2D eigenvalue weighted by Gasteiger charge is -2.62. The lowest BCUT2D eigenvalue weighted by molar-refractivity contribution is -0.193. The van der Waals surface area contributed by atoms with Gasteiger partial charge in [0.05, 0.1) is 25.9 Å². The molecule has 1 spiro atoms. The summed E-state index contributed by atoms with van der Waals surface area (Å²) in [5.74, 6) is 0.0292. The third-order valence-corrected chi connectivity index (χ3v) is 15.1. The van der Waals surface area contributed by atoms with Gasteiger partial charge in [0.15, 0.2) is 11.9 Å². The highest BCUT2D eigenvalue weighted by Gasteiger charge is 2.77. The molecule has 1 aliphatic carbocycles. The molecule has 11 nitrogen and oxygen atoms in total. The van der Waals surface area contributed by atoms with Crippen LogP contribution in [0.3, 0.4) is 0 Å². The number of para-hydroxylation sites is 1. The molecule has 2 aromatic carbocycles. The Labute approximate surface area is 316 Å². The summed E-state index contributed by atoms with van der Waals surface area (Å²) >= 11 is 0. The van der Waals surface area contributed by atoms with Crippen LogP contribution in [0.5, 0.6) is 5.75 Å². The second-order valence-electron chi connectivity index (χ2n) is 17.3. The summed E-state index contributed by atoms with van der Waals surface area (Å²) in [5, 5.41) is 37.7. The van der Waals surface area contributed by atoms with Crippen molar-refractivity contribution in [3.8, 4) is 5.75 Å². The number of anilines is 1. The summed E-state index contributed by atoms with van der Waals surface area (Å²) in [6, 6.07) is 11.3. The standard InChI is InChI=1S/C43H54N4O7/c1-6-39(51)21-26-22-42(38(50)54-5,34-28(13-17-46(23-26)24-39)27-11-8-9-12-31(27)44-34)30-19-29-32(20-33(30)53-4)45(3)36-41(29)15-18-47-16-10-14-40(7-2,35(41)47)37(49)43(36,52)25-48/h8-12,14,19-20,25-26,35-37,44,49,51-52H,6-7,13,15-18,21-24H2,1-5H3/t26?,35?,36?,37?,39?,40-,41?,42+,43+/m1/s1. The first-order valence-electron chi connectivity index (χ1n) is 19.8. The van der Waals surface area contributed by atoms with Gasteiger partial charge in [-0.2, -0.15) is 0 Å². The molecular formula is C43H54N4O7. The van der Waals surface area contributed by atoms with E-state index in [9.17, 15) is 20.1 Å². The maximum atomic E-state index is 15.2. The first kappa shape index (κ1) is 35.9. The van der Waals surface area contributed by atoms with E-state index < -0.39 is 45.6 Å². The maximum Gasteiger partial charge on any atom is 0.322 e. The Kier molecular flexibility index (Phi) is 8.07. The van der Waals surface area contributed by atoms with Gasteiger partial charge in [-0.15, -0.1) is 0 Å². The lowest BCUT2D eigenvalue weighted by Crippen LogP contribution is -2.79. The van der Waals surface area contributed by atoms with Crippen LogP contribution >= 0.6 is 0 Å². The van der Waals surface area contributed by atoms with Gasteiger partial charge in [-0.3, -0.25) is 19.4 Å². The number of H-pyrrole nitrogens is 1. The zero-order valence-corrected chi connectivity index (χ0v) is 32.1. The van der Waals surface area contributed by atoms with Gasteiger partial charge in [0.2, 0.25) is 0 Å². The number of fused-ring (bicyclic) bond motifs is 6. The number of hydrogen-bond donors (Lipinski definition) is 4. The molecule has 2 saturated heterocycles. The van der Waals surface area contributed by atoms with E-state index in [4.69, 9.17) is 9.47 Å². The van der Waals surface area contributed by atoms with Gasteiger partial charge in [-0.1, -0.05) is 44.2 Å². The number of aldehydes is 1. The first-order chi connectivity index (χ1) is 25.9. The fourth-order valence-electron chi connectivity index (χ4n) is 13.0. The van der Waals surface area contributed by atoms with Gasteiger partial charge in [0.25, 0.3) is 0 Å². The average molecular weight is 739 g/mol. The number of nitrogens with zero attached hydrogens (tertiary/aromatic N) is 3. The summed E-state index contributed by atoms with van der Waals surface area (Å²) in [5.41, 5.74) is -0.830. The number of benzene rings is 2. The van der Waals surface area contributed by atoms with Crippen molar-refractivity contribution in [3.05, 3.63) is 70.9 Å². The molecular weight excluding hydrogens is 684 g/mol. The predicted octanol–water partition coefficient (Wildman–Crippen LogP) is 3.45. The zero-order valence-electron chi connectivity index (χ0n) is 32.1. The van der Waals surface area contributed by atoms with Crippen molar-refractivity contribution >= 4 is 28.8 Å². The van der Waals surface area contributed by atoms with Crippen molar-refractivity contribution in [1.29, 1.82) is 0 Å². The van der Waals surface area contributed by atoms with E-state index >= 15 is 4.79 Å². The smallest absolute Gasteiger partial charge is 0.322 e. The number of aliphatic hydroxyl groups excluding tert-OH is 1. The Bertz CT molecular complexity index is 2070. The summed E-state index contributed by atoms with van der Waals surface area (Å²) in [6.45, 7) is 7.54. The number of aromatic amines is 1. The van der Waals surface area contributed by atoms with E-state index in [1.165, 1.54) is 7.11 Å². The number of aromatic nitrogens is 1.